The third-order valence-electron chi connectivity index (χ3n) is 3.63. The second-order valence-corrected chi connectivity index (χ2v) is 5.01. The lowest BCUT2D eigenvalue weighted by Gasteiger charge is -2.32. The summed E-state index contributed by atoms with van der Waals surface area (Å²) < 4.78 is 5.07. The van der Waals surface area contributed by atoms with Crippen molar-refractivity contribution >= 4 is 18.3 Å². The maximum absolute atomic E-state index is 12.4. The van der Waals surface area contributed by atoms with Crippen LogP contribution in [0.4, 0.5) is 0 Å². The molecule has 0 spiro atoms. The van der Waals surface area contributed by atoms with Gasteiger partial charge >= 0.3 is 0 Å². The van der Waals surface area contributed by atoms with E-state index in [1.807, 2.05) is 36.2 Å². The van der Waals surface area contributed by atoms with Gasteiger partial charge in [-0.2, -0.15) is 0 Å². The average molecular weight is 299 g/mol. The number of rotatable bonds is 4. The fourth-order valence-electron chi connectivity index (χ4n) is 2.49. The van der Waals surface area contributed by atoms with Gasteiger partial charge in [-0.25, -0.2) is 0 Å². The van der Waals surface area contributed by atoms with Crippen LogP contribution < -0.4 is 5.32 Å². The summed E-state index contributed by atoms with van der Waals surface area (Å²) in [7, 11) is 3.63. The molecule has 1 fully saturated rings. The highest BCUT2D eigenvalue weighted by molar-refractivity contribution is 5.94. The Bertz CT molecular complexity index is 422. The normalized spacial score (nSPS) is 18.5. The van der Waals surface area contributed by atoms with Crippen LogP contribution >= 0.6 is 12.4 Å². The first-order valence-electron chi connectivity index (χ1n) is 6.79. The topological polar surface area (TPSA) is 41.6 Å². The van der Waals surface area contributed by atoms with Crippen molar-refractivity contribution in [3.05, 3.63) is 35.4 Å². The summed E-state index contributed by atoms with van der Waals surface area (Å²) in [6.07, 6.45) is 2.21. The first-order chi connectivity index (χ1) is 9.24. The minimum absolute atomic E-state index is 0. The van der Waals surface area contributed by atoms with Gasteiger partial charge in [-0.15, -0.1) is 12.4 Å². The molecular formula is C15H23ClN2O2. The molecule has 0 bridgehead atoms. The fourth-order valence-corrected chi connectivity index (χ4v) is 2.49. The SMILES string of the molecule is CNC1CCCN(C(=O)c2ccc(COC)cc2)C1.Cl. The van der Waals surface area contributed by atoms with Gasteiger partial charge < -0.3 is 15.0 Å². The molecule has 5 heteroatoms. The minimum atomic E-state index is 0. The number of hydrogen-bond acceptors (Lipinski definition) is 3. The number of hydrogen-bond donors (Lipinski definition) is 1. The number of amides is 1. The summed E-state index contributed by atoms with van der Waals surface area (Å²) in [5.41, 5.74) is 1.85. The quantitative estimate of drug-likeness (QED) is 0.925. The van der Waals surface area contributed by atoms with Crippen molar-refractivity contribution in [1.82, 2.24) is 10.2 Å². The van der Waals surface area contributed by atoms with Crippen molar-refractivity contribution in [2.45, 2.75) is 25.5 Å². The molecule has 1 aromatic carbocycles. The molecule has 1 heterocycles. The number of carbonyl (C=O) groups is 1. The zero-order valence-electron chi connectivity index (χ0n) is 12.1. The van der Waals surface area contributed by atoms with Gasteiger partial charge in [-0.05, 0) is 37.6 Å². The second kappa shape index (κ2) is 8.25. The van der Waals surface area contributed by atoms with Crippen molar-refractivity contribution in [3.63, 3.8) is 0 Å². The Morgan fingerprint density at radius 1 is 1.40 bits per heavy atom. The Morgan fingerprint density at radius 3 is 2.70 bits per heavy atom. The summed E-state index contributed by atoms with van der Waals surface area (Å²) in [5, 5.41) is 3.26. The van der Waals surface area contributed by atoms with Crippen LogP contribution in [0.2, 0.25) is 0 Å². The van der Waals surface area contributed by atoms with E-state index >= 15 is 0 Å². The van der Waals surface area contributed by atoms with E-state index in [9.17, 15) is 4.79 Å². The van der Waals surface area contributed by atoms with Gasteiger partial charge in [-0.1, -0.05) is 12.1 Å². The molecule has 0 radical (unpaired) electrons. The van der Waals surface area contributed by atoms with Gasteiger partial charge in [0, 0.05) is 31.8 Å². The molecule has 1 atom stereocenters. The maximum atomic E-state index is 12.4. The molecule has 0 saturated carbocycles. The van der Waals surface area contributed by atoms with Gasteiger partial charge in [0.05, 0.1) is 6.61 Å². The Morgan fingerprint density at radius 2 is 2.10 bits per heavy atom. The molecule has 4 nitrogen and oxygen atoms in total. The number of halogens is 1. The lowest BCUT2D eigenvalue weighted by molar-refractivity contribution is 0.0698. The zero-order valence-corrected chi connectivity index (χ0v) is 12.9. The molecule has 1 unspecified atom stereocenters. The Hall–Kier alpha value is -1.10. The number of ether oxygens (including phenoxy) is 1. The molecule has 2 rings (SSSR count). The lowest BCUT2D eigenvalue weighted by Crippen LogP contribution is -2.46. The van der Waals surface area contributed by atoms with E-state index in [0.29, 0.717) is 12.6 Å². The van der Waals surface area contributed by atoms with Crippen molar-refractivity contribution in [3.8, 4) is 0 Å². The second-order valence-electron chi connectivity index (χ2n) is 5.01. The number of carbonyl (C=O) groups excluding carboxylic acids is 1. The molecule has 1 aliphatic rings. The van der Waals surface area contributed by atoms with Crippen molar-refractivity contribution in [1.29, 1.82) is 0 Å². The number of piperidine rings is 1. The standard InChI is InChI=1S/C15H22N2O2.ClH/c1-16-14-4-3-9-17(10-14)15(18)13-7-5-12(6-8-13)11-19-2;/h5-8,14,16H,3-4,9-11H2,1-2H3;1H. The molecule has 1 aliphatic heterocycles. The largest absolute Gasteiger partial charge is 0.380 e. The highest BCUT2D eigenvalue weighted by Gasteiger charge is 2.23. The highest BCUT2D eigenvalue weighted by Crippen LogP contribution is 2.14. The Labute approximate surface area is 126 Å². The van der Waals surface area contributed by atoms with Gasteiger partial charge in [0.15, 0.2) is 0 Å². The fraction of sp³-hybridized carbons (Fsp3) is 0.533. The van der Waals surface area contributed by atoms with Crippen LogP contribution in [-0.4, -0.2) is 44.1 Å². The molecule has 20 heavy (non-hydrogen) atoms. The summed E-state index contributed by atoms with van der Waals surface area (Å²) in [6, 6.07) is 8.11. The summed E-state index contributed by atoms with van der Waals surface area (Å²) in [5.74, 6) is 0.129. The number of likely N-dealkylation sites (tertiary alicyclic amines) is 1. The molecular weight excluding hydrogens is 276 g/mol. The molecule has 1 N–H and O–H groups in total. The predicted octanol–water partition coefficient (Wildman–Crippen LogP) is 2.08. The summed E-state index contributed by atoms with van der Waals surface area (Å²) >= 11 is 0. The van der Waals surface area contributed by atoms with Crippen LogP contribution in [0, 0.1) is 0 Å². The van der Waals surface area contributed by atoms with E-state index in [1.165, 1.54) is 0 Å². The highest BCUT2D eigenvalue weighted by atomic mass is 35.5. The van der Waals surface area contributed by atoms with Crippen LogP contribution in [0.3, 0.4) is 0 Å². The Kier molecular flexibility index (Phi) is 6.99. The van der Waals surface area contributed by atoms with Gasteiger partial charge in [0.2, 0.25) is 0 Å². The van der Waals surface area contributed by atoms with E-state index < -0.39 is 0 Å². The van der Waals surface area contributed by atoms with Crippen LogP contribution in [0.15, 0.2) is 24.3 Å². The molecule has 1 saturated heterocycles. The minimum Gasteiger partial charge on any atom is -0.380 e. The zero-order chi connectivity index (χ0) is 13.7. The van der Waals surface area contributed by atoms with Crippen LogP contribution in [0.1, 0.15) is 28.8 Å². The molecule has 0 aromatic heterocycles. The van der Waals surface area contributed by atoms with E-state index in [0.717, 1.165) is 37.1 Å². The Balaban J connectivity index is 0.00000200. The van der Waals surface area contributed by atoms with Gasteiger partial charge in [0.25, 0.3) is 5.91 Å². The molecule has 1 amide bonds. The van der Waals surface area contributed by atoms with Crippen LogP contribution in [-0.2, 0) is 11.3 Å². The number of benzene rings is 1. The van der Waals surface area contributed by atoms with Crippen molar-refractivity contribution in [2.24, 2.45) is 0 Å². The number of nitrogens with zero attached hydrogens (tertiary/aromatic N) is 1. The van der Waals surface area contributed by atoms with E-state index in [1.54, 1.807) is 7.11 Å². The van der Waals surface area contributed by atoms with E-state index in [-0.39, 0.29) is 18.3 Å². The third kappa shape index (κ3) is 4.20. The first kappa shape index (κ1) is 17.0. The smallest absolute Gasteiger partial charge is 0.253 e. The molecule has 112 valence electrons. The number of methoxy groups -OCH3 is 1. The van der Waals surface area contributed by atoms with E-state index in [2.05, 4.69) is 5.32 Å². The van der Waals surface area contributed by atoms with E-state index in [4.69, 9.17) is 4.74 Å². The summed E-state index contributed by atoms with van der Waals surface area (Å²) in [6.45, 7) is 2.24. The number of likely N-dealkylation sites (N-methyl/N-ethyl adjacent to an activating group) is 1. The molecule has 0 aliphatic carbocycles. The van der Waals surface area contributed by atoms with Crippen LogP contribution in [0.25, 0.3) is 0 Å². The molecule has 1 aromatic rings. The van der Waals surface area contributed by atoms with Crippen molar-refractivity contribution < 1.29 is 9.53 Å². The van der Waals surface area contributed by atoms with Crippen molar-refractivity contribution in [2.75, 3.05) is 27.2 Å². The predicted molar refractivity (Wildman–Crippen MR) is 82.4 cm³/mol. The van der Waals surface area contributed by atoms with Crippen LogP contribution in [0.5, 0.6) is 0 Å². The maximum Gasteiger partial charge on any atom is 0.253 e. The monoisotopic (exact) mass is 298 g/mol. The lowest BCUT2D eigenvalue weighted by atomic mass is 10.0. The third-order valence-corrected chi connectivity index (χ3v) is 3.63. The van der Waals surface area contributed by atoms with Gasteiger partial charge in [0.1, 0.15) is 0 Å². The first-order valence-corrected chi connectivity index (χ1v) is 6.79. The average Bonchev–Trinajstić information content (AvgIpc) is 2.48. The summed E-state index contributed by atoms with van der Waals surface area (Å²) in [4.78, 5) is 14.3. The number of nitrogens with one attached hydrogen (secondary N) is 1. The van der Waals surface area contributed by atoms with Gasteiger partial charge in [-0.3, -0.25) is 4.79 Å².